The van der Waals surface area contributed by atoms with Crippen LogP contribution in [0, 0.1) is 0 Å². The highest BCUT2D eigenvalue weighted by molar-refractivity contribution is 8.15. The minimum atomic E-state index is -1.26. The summed E-state index contributed by atoms with van der Waals surface area (Å²) >= 11 is 1.50. The summed E-state index contributed by atoms with van der Waals surface area (Å²) in [7, 11) is 0. The van der Waals surface area contributed by atoms with E-state index in [1.807, 2.05) is 12.1 Å². The molecule has 1 atom stereocenters. The number of hydrogen-bond acceptors (Lipinski definition) is 5. The van der Waals surface area contributed by atoms with Crippen LogP contribution in [0.4, 0.5) is 0 Å². The van der Waals surface area contributed by atoms with Gasteiger partial charge in [-0.15, -0.1) is 0 Å². The molecule has 2 N–H and O–H groups in total. The van der Waals surface area contributed by atoms with E-state index in [4.69, 9.17) is 10.2 Å². The summed E-state index contributed by atoms with van der Waals surface area (Å²) in [6.45, 7) is 3.04. The smallest absolute Gasteiger partial charge is 0.328 e. The van der Waals surface area contributed by atoms with Crippen molar-refractivity contribution in [2.45, 2.75) is 18.2 Å². The number of carboxylic acid groups (broad SMARTS) is 2. The molecule has 1 unspecified atom stereocenters. The fraction of sp³-hybridized carbons (Fsp3) is 0.278. The van der Waals surface area contributed by atoms with Crippen LogP contribution in [0.5, 0.6) is 0 Å². The summed E-state index contributed by atoms with van der Waals surface area (Å²) in [5.74, 6) is -2.51. The van der Waals surface area contributed by atoms with Crippen LogP contribution < -0.4 is 0 Å². The second-order valence-electron chi connectivity index (χ2n) is 5.64. The van der Waals surface area contributed by atoms with Crippen molar-refractivity contribution in [2.75, 3.05) is 13.1 Å². The van der Waals surface area contributed by atoms with Gasteiger partial charge in [0.2, 0.25) is 5.12 Å². The summed E-state index contributed by atoms with van der Waals surface area (Å²) in [4.78, 5) is 32.9. The third-order valence-corrected chi connectivity index (χ3v) is 4.88. The average molecular weight is 361 g/mol. The Morgan fingerprint density at radius 3 is 2.40 bits per heavy atom. The second-order valence-corrected chi connectivity index (χ2v) is 6.85. The molecule has 0 saturated carbocycles. The SMILES string of the molecule is O=C(O)/C=C/C(=O)O.O=C1C=C2CN(Cc3ccccc3)CCC2S1. The fourth-order valence-electron chi connectivity index (χ4n) is 2.64. The lowest BCUT2D eigenvalue weighted by Gasteiger charge is -2.31. The highest BCUT2D eigenvalue weighted by Gasteiger charge is 2.30. The Balaban J connectivity index is 0.000000242. The molecule has 1 aromatic carbocycles. The maximum atomic E-state index is 11.3. The van der Waals surface area contributed by atoms with E-state index >= 15 is 0 Å². The van der Waals surface area contributed by atoms with Gasteiger partial charge >= 0.3 is 11.9 Å². The molecule has 3 rings (SSSR count). The zero-order valence-electron chi connectivity index (χ0n) is 13.5. The van der Waals surface area contributed by atoms with Crippen LogP contribution in [-0.2, 0) is 20.9 Å². The molecule has 2 aliphatic rings. The number of piperidine rings is 1. The number of carbonyl (C=O) groups is 3. The molecule has 2 aliphatic heterocycles. The van der Waals surface area contributed by atoms with Gasteiger partial charge in [-0.2, -0.15) is 0 Å². The first-order valence-corrected chi connectivity index (χ1v) is 8.63. The highest BCUT2D eigenvalue weighted by atomic mass is 32.2. The van der Waals surface area contributed by atoms with E-state index in [1.165, 1.54) is 22.9 Å². The summed E-state index contributed by atoms with van der Waals surface area (Å²) in [6, 6.07) is 10.5. The number of carboxylic acids is 2. The van der Waals surface area contributed by atoms with Crippen LogP contribution in [0.25, 0.3) is 0 Å². The van der Waals surface area contributed by atoms with Gasteiger partial charge in [-0.05, 0) is 23.6 Å². The van der Waals surface area contributed by atoms with Crippen LogP contribution in [0.15, 0.2) is 54.1 Å². The second kappa shape index (κ2) is 9.19. The van der Waals surface area contributed by atoms with E-state index < -0.39 is 11.9 Å². The van der Waals surface area contributed by atoms with Gasteiger partial charge in [0, 0.05) is 37.0 Å². The van der Waals surface area contributed by atoms with E-state index in [9.17, 15) is 14.4 Å². The molecule has 25 heavy (non-hydrogen) atoms. The van der Waals surface area contributed by atoms with E-state index in [-0.39, 0.29) is 5.12 Å². The molecule has 1 fully saturated rings. The van der Waals surface area contributed by atoms with Crippen molar-refractivity contribution >= 4 is 28.8 Å². The third-order valence-electron chi connectivity index (χ3n) is 3.71. The van der Waals surface area contributed by atoms with Gasteiger partial charge in [-0.25, -0.2) is 9.59 Å². The Labute approximate surface area is 149 Å². The number of likely N-dealkylation sites (tertiary alicyclic amines) is 1. The molecule has 132 valence electrons. The standard InChI is InChI=1S/C14H15NOS.C4H4O4/c16-14-8-12-10-15(7-6-13(12)17-14)9-11-4-2-1-3-5-11;5-3(6)1-2-4(7)8/h1-5,8,13H,6-7,9-10H2;1-2H,(H,5,6)(H,7,8)/b;2-1+. The molecule has 1 aromatic rings. The van der Waals surface area contributed by atoms with Crippen LogP contribution in [0.1, 0.15) is 12.0 Å². The normalized spacial score (nSPS) is 19.8. The van der Waals surface area contributed by atoms with Crippen LogP contribution in [0.3, 0.4) is 0 Å². The van der Waals surface area contributed by atoms with Gasteiger partial charge in [-0.3, -0.25) is 9.69 Å². The summed E-state index contributed by atoms with van der Waals surface area (Å²) in [5.41, 5.74) is 2.67. The fourth-order valence-corrected chi connectivity index (χ4v) is 3.66. The van der Waals surface area contributed by atoms with E-state index in [0.29, 0.717) is 17.4 Å². The number of aliphatic carboxylic acids is 2. The van der Waals surface area contributed by atoms with Crippen LogP contribution in [-0.4, -0.2) is 50.5 Å². The molecule has 6 nitrogen and oxygen atoms in total. The molecule has 7 heteroatoms. The van der Waals surface area contributed by atoms with Crippen molar-refractivity contribution < 1.29 is 24.6 Å². The van der Waals surface area contributed by atoms with E-state index in [0.717, 1.165) is 26.1 Å². The number of hydrogen-bond donors (Lipinski definition) is 2. The topological polar surface area (TPSA) is 94.9 Å². The van der Waals surface area contributed by atoms with Crippen LogP contribution >= 0.6 is 11.8 Å². The molecule has 0 aromatic heterocycles. The monoisotopic (exact) mass is 361 g/mol. The van der Waals surface area contributed by atoms with E-state index in [1.54, 1.807) is 0 Å². The Kier molecular flexibility index (Phi) is 6.97. The summed E-state index contributed by atoms with van der Waals surface area (Å²) in [6.07, 6.45) is 4.06. The van der Waals surface area contributed by atoms with Crippen molar-refractivity contribution in [3.05, 3.63) is 59.7 Å². The Morgan fingerprint density at radius 2 is 1.80 bits per heavy atom. The molecule has 0 radical (unpaired) electrons. The average Bonchev–Trinajstić information content (AvgIpc) is 2.94. The first-order chi connectivity index (χ1) is 11.9. The molecular formula is C18H19NO5S. The minimum absolute atomic E-state index is 0.242. The molecule has 0 spiro atoms. The Bertz CT molecular complexity index is 683. The molecule has 2 heterocycles. The quantitative estimate of drug-likeness (QED) is 0.794. The maximum absolute atomic E-state index is 11.3. The number of benzene rings is 1. The van der Waals surface area contributed by atoms with Crippen molar-refractivity contribution in [3.8, 4) is 0 Å². The molecule has 0 aliphatic carbocycles. The highest BCUT2D eigenvalue weighted by Crippen LogP contribution is 2.34. The lowest BCUT2D eigenvalue weighted by atomic mass is 10.0. The van der Waals surface area contributed by atoms with Gasteiger partial charge < -0.3 is 10.2 Å². The van der Waals surface area contributed by atoms with Crippen molar-refractivity contribution in [1.82, 2.24) is 4.90 Å². The number of rotatable bonds is 4. The Morgan fingerprint density at radius 1 is 1.16 bits per heavy atom. The lowest BCUT2D eigenvalue weighted by Crippen LogP contribution is -2.35. The Hall–Kier alpha value is -2.38. The predicted molar refractivity (Wildman–Crippen MR) is 95.2 cm³/mol. The largest absolute Gasteiger partial charge is 0.478 e. The molecule has 0 amide bonds. The first-order valence-electron chi connectivity index (χ1n) is 7.75. The predicted octanol–water partition coefficient (Wildman–Crippen LogP) is 2.17. The van der Waals surface area contributed by atoms with Gasteiger partial charge in [-0.1, -0.05) is 42.1 Å². The summed E-state index contributed by atoms with van der Waals surface area (Å²) in [5, 5.41) is 16.3. The van der Waals surface area contributed by atoms with Crippen molar-refractivity contribution in [2.24, 2.45) is 0 Å². The van der Waals surface area contributed by atoms with Gasteiger partial charge in [0.05, 0.1) is 0 Å². The number of fused-ring (bicyclic) bond motifs is 1. The molecule has 1 saturated heterocycles. The van der Waals surface area contributed by atoms with Gasteiger partial charge in [0.1, 0.15) is 0 Å². The van der Waals surface area contributed by atoms with Crippen molar-refractivity contribution in [3.63, 3.8) is 0 Å². The first kappa shape index (κ1) is 19.0. The van der Waals surface area contributed by atoms with Crippen molar-refractivity contribution in [1.29, 1.82) is 0 Å². The number of thioether (sulfide) groups is 1. The number of nitrogens with zero attached hydrogens (tertiary/aromatic N) is 1. The zero-order valence-corrected chi connectivity index (χ0v) is 14.3. The lowest BCUT2D eigenvalue weighted by molar-refractivity contribution is -0.134. The zero-order chi connectivity index (χ0) is 18.2. The third kappa shape index (κ3) is 6.56. The maximum Gasteiger partial charge on any atom is 0.328 e. The van der Waals surface area contributed by atoms with Gasteiger partial charge in [0.15, 0.2) is 0 Å². The van der Waals surface area contributed by atoms with Gasteiger partial charge in [0.25, 0.3) is 0 Å². The molecular weight excluding hydrogens is 342 g/mol. The summed E-state index contributed by atoms with van der Waals surface area (Å²) < 4.78 is 0. The van der Waals surface area contributed by atoms with Crippen LogP contribution in [0.2, 0.25) is 0 Å². The number of carbonyl (C=O) groups excluding carboxylic acids is 1. The minimum Gasteiger partial charge on any atom is -0.478 e. The van der Waals surface area contributed by atoms with E-state index in [2.05, 4.69) is 29.2 Å². The molecule has 0 bridgehead atoms.